The molecule has 0 aromatic heterocycles. The molecular formula is C15H26F3N. The fraction of sp³-hybridized carbons (Fsp3) is 1.00. The zero-order valence-corrected chi connectivity index (χ0v) is 11.8. The van der Waals surface area contributed by atoms with Crippen molar-refractivity contribution in [1.82, 2.24) is 5.32 Å². The Hall–Kier alpha value is -0.250. The number of alkyl halides is 3. The number of nitrogens with one attached hydrogen (secondary N) is 1. The van der Waals surface area contributed by atoms with Gasteiger partial charge in [0.1, 0.15) is 0 Å². The standard InChI is InChI=1S/C15H26F3N/c1-11-6-2-3-7-12(11)10-19-14-9-5-4-8-13(14)15(16,17)18/h11-14,19H,2-10H2,1H3. The highest BCUT2D eigenvalue weighted by Crippen LogP contribution is 2.38. The molecule has 0 saturated heterocycles. The Morgan fingerprint density at radius 1 is 0.947 bits per heavy atom. The summed E-state index contributed by atoms with van der Waals surface area (Å²) in [5, 5.41) is 3.26. The van der Waals surface area contributed by atoms with Gasteiger partial charge in [-0.25, -0.2) is 0 Å². The second-order valence-electron chi connectivity index (χ2n) is 6.47. The van der Waals surface area contributed by atoms with Crippen molar-refractivity contribution in [2.45, 2.75) is 70.5 Å². The lowest BCUT2D eigenvalue weighted by atomic mass is 9.79. The number of rotatable bonds is 3. The first kappa shape index (κ1) is 15.1. The predicted octanol–water partition coefficient (Wildman–Crippen LogP) is 4.52. The Kier molecular flexibility index (Phi) is 5.15. The van der Waals surface area contributed by atoms with Crippen molar-refractivity contribution in [2.24, 2.45) is 17.8 Å². The van der Waals surface area contributed by atoms with Gasteiger partial charge < -0.3 is 5.32 Å². The molecule has 4 heteroatoms. The molecule has 2 saturated carbocycles. The van der Waals surface area contributed by atoms with Crippen LogP contribution in [0.25, 0.3) is 0 Å². The molecule has 1 nitrogen and oxygen atoms in total. The van der Waals surface area contributed by atoms with Crippen LogP contribution in [-0.2, 0) is 0 Å². The molecule has 1 N–H and O–H groups in total. The van der Waals surface area contributed by atoms with Gasteiger partial charge in [-0.2, -0.15) is 13.2 Å². The van der Waals surface area contributed by atoms with E-state index in [-0.39, 0.29) is 6.04 Å². The van der Waals surface area contributed by atoms with Gasteiger partial charge in [-0.05, 0) is 37.6 Å². The third-order valence-electron chi connectivity index (χ3n) is 5.12. The van der Waals surface area contributed by atoms with Crippen LogP contribution >= 0.6 is 0 Å². The molecule has 2 aliphatic carbocycles. The van der Waals surface area contributed by atoms with Gasteiger partial charge in [0.2, 0.25) is 0 Å². The van der Waals surface area contributed by atoms with E-state index in [9.17, 15) is 13.2 Å². The Bertz CT molecular complexity index is 277. The topological polar surface area (TPSA) is 12.0 Å². The maximum Gasteiger partial charge on any atom is 0.393 e. The van der Waals surface area contributed by atoms with Crippen molar-refractivity contribution in [3.8, 4) is 0 Å². The molecule has 112 valence electrons. The van der Waals surface area contributed by atoms with E-state index in [1.54, 1.807) is 0 Å². The first-order valence-electron chi connectivity index (χ1n) is 7.78. The van der Waals surface area contributed by atoms with Crippen LogP contribution in [0, 0.1) is 17.8 Å². The predicted molar refractivity (Wildman–Crippen MR) is 70.9 cm³/mol. The number of halogens is 3. The number of hydrogen-bond donors (Lipinski definition) is 1. The molecule has 2 fully saturated rings. The van der Waals surface area contributed by atoms with E-state index in [1.807, 2.05) is 0 Å². The maximum absolute atomic E-state index is 13.0. The van der Waals surface area contributed by atoms with Crippen LogP contribution in [0.1, 0.15) is 58.3 Å². The lowest BCUT2D eigenvalue weighted by Gasteiger charge is -2.36. The molecular weight excluding hydrogens is 251 g/mol. The summed E-state index contributed by atoms with van der Waals surface area (Å²) in [6.45, 7) is 3.02. The molecule has 0 spiro atoms. The van der Waals surface area contributed by atoms with Gasteiger partial charge in [-0.1, -0.05) is 39.0 Å². The molecule has 0 aromatic rings. The lowest BCUT2D eigenvalue weighted by Crippen LogP contribution is -2.47. The fourth-order valence-corrected chi connectivity index (χ4v) is 3.77. The molecule has 0 radical (unpaired) electrons. The van der Waals surface area contributed by atoms with E-state index in [1.165, 1.54) is 25.7 Å². The van der Waals surface area contributed by atoms with Crippen LogP contribution in [0.5, 0.6) is 0 Å². The summed E-state index contributed by atoms with van der Waals surface area (Å²) in [6.07, 6.45) is 3.56. The van der Waals surface area contributed by atoms with Crippen molar-refractivity contribution < 1.29 is 13.2 Å². The summed E-state index contributed by atoms with van der Waals surface area (Å²) in [5.41, 5.74) is 0. The van der Waals surface area contributed by atoms with E-state index in [2.05, 4.69) is 12.2 Å². The van der Waals surface area contributed by atoms with Crippen LogP contribution in [-0.4, -0.2) is 18.8 Å². The van der Waals surface area contributed by atoms with Crippen LogP contribution in [0.15, 0.2) is 0 Å². The van der Waals surface area contributed by atoms with Crippen LogP contribution < -0.4 is 5.32 Å². The quantitative estimate of drug-likeness (QED) is 0.799. The first-order valence-corrected chi connectivity index (χ1v) is 7.78. The summed E-state index contributed by atoms with van der Waals surface area (Å²) < 4.78 is 39.0. The minimum Gasteiger partial charge on any atom is -0.313 e. The summed E-state index contributed by atoms with van der Waals surface area (Å²) in [7, 11) is 0. The molecule has 19 heavy (non-hydrogen) atoms. The first-order chi connectivity index (χ1) is 8.98. The zero-order valence-electron chi connectivity index (χ0n) is 11.8. The number of hydrogen-bond acceptors (Lipinski definition) is 1. The summed E-state index contributed by atoms with van der Waals surface area (Å²) >= 11 is 0. The van der Waals surface area contributed by atoms with Crippen LogP contribution in [0.3, 0.4) is 0 Å². The monoisotopic (exact) mass is 277 g/mol. The summed E-state index contributed by atoms with van der Waals surface area (Å²) in [5.74, 6) is 0.110. The molecule has 2 aliphatic rings. The summed E-state index contributed by atoms with van der Waals surface area (Å²) in [4.78, 5) is 0. The highest BCUT2D eigenvalue weighted by Gasteiger charge is 2.45. The third-order valence-corrected chi connectivity index (χ3v) is 5.12. The van der Waals surface area contributed by atoms with Gasteiger partial charge >= 0.3 is 6.18 Å². The van der Waals surface area contributed by atoms with Crippen molar-refractivity contribution in [3.63, 3.8) is 0 Å². The van der Waals surface area contributed by atoms with Crippen LogP contribution in [0.4, 0.5) is 13.2 Å². The summed E-state index contributed by atoms with van der Waals surface area (Å²) in [6, 6.07) is -0.345. The van der Waals surface area contributed by atoms with E-state index < -0.39 is 12.1 Å². The van der Waals surface area contributed by atoms with Crippen molar-refractivity contribution in [1.29, 1.82) is 0 Å². The second-order valence-corrected chi connectivity index (χ2v) is 6.47. The van der Waals surface area contributed by atoms with E-state index in [4.69, 9.17) is 0 Å². The van der Waals surface area contributed by atoms with Gasteiger partial charge in [0.05, 0.1) is 5.92 Å². The minimum absolute atomic E-state index is 0.307. The average molecular weight is 277 g/mol. The third kappa shape index (κ3) is 4.11. The Morgan fingerprint density at radius 2 is 1.58 bits per heavy atom. The molecule has 4 atom stereocenters. The van der Waals surface area contributed by atoms with Gasteiger partial charge in [-0.15, -0.1) is 0 Å². The molecule has 0 amide bonds. The van der Waals surface area contributed by atoms with E-state index in [0.717, 1.165) is 19.4 Å². The molecule has 0 bridgehead atoms. The SMILES string of the molecule is CC1CCCCC1CNC1CCCCC1C(F)(F)F. The highest BCUT2D eigenvalue weighted by molar-refractivity contribution is 4.87. The second kappa shape index (κ2) is 6.47. The van der Waals surface area contributed by atoms with Crippen LogP contribution in [0.2, 0.25) is 0 Å². The largest absolute Gasteiger partial charge is 0.393 e. The Morgan fingerprint density at radius 3 is 2.26 bits per heavy atom. The maximum atomic E-state index is 13.0. The normalized spacial score (nSPS) is 37.3. The van der Waals surface area contributed by atoms with Gasteiger partial charge in [-0.3, -0.25) is 0 Å². The lowest BCUT2D eigenvalue weighted by molar-refractivity contribution is -0.189. The van der Waals surface area contributed by atoms with Gasteiger partial charge in [0, 0.05) is 6.04 Å². The van der Waals surface area contributed by atoms with Gasteiger partial charge in [0.15, 0.2) is 0 Å². The highest BCUT2D eigenvalue weighted by atomic mass is 19.4. The Balaban J connectivity index is 1.85. The average Bonchev–Trinajstić information content (AvgIpc) is 2.37. The molecule has 4 unspecified atom stereocenters. The molecule has 0 heterocycles. The fourth-order valence-electron chi connectivity index (χ4n) is 3.77. The minimum atomic E-state index is -4.03. The van der Waals surface area contributed by atoms with Gasteiger partial charge in [0.25, 0.3) is 0 Å². The van der Waals surface area contributed by atoms with E-state index >= 15 is 0 Å². The molecule has 2 rings (SSSR count). The van der Waals surface area contributed by atoms with Crippen molar-refractivity contribution >= 4 is 0 Å². The molecule has 0 aliphatic heterocycles. The van der Waals surface area contributed by atoms with Crippen molar-refractivity contribution in [2.75, 3.05) is 6.54 Å². The smallest absolute Gasteiger partial charge is 0.313 e. The van der Waals surface area contributed by atoms with E-state index in [0.29, 0.717) is 24.7 Å². The Labute approximate surface area is 114 Å². The zero-order chi connectivity index (χ0) is 13.9. The molecule has 0 aromatic carbocycles. The van der Waals surface area contributed by atoms with Crippen molar-refractivity contribution in [3.05, 3.63) is 0 Å².